The van der Waals surface area contributed by atoms with Crippen molar-refractivity contribution in [2.75, 3.05) is 10.6 Å². The highest BCUT2D eigenvalue weighted by Crippen LogP contribution is 2.19. The van der Waals surface area contributed by atoms with Gasteiger partial charge >= 0.3 is 0 Å². The van der Waals surface area contributed by atoms with Gasteiger partial charge in [0.15, 0.2) is 0 Å². The molecule has 0 aliphatic rings. The van der Waals surface area contributed by atoms with Crippen LogP contribution in [0, 0.1) is 0 Å². The van der Waals surface area contributed by atoms with Gasteiger partial charge in [0.1, 0.15) is 0 Å². The second-order valence-corrected chi connectivity index (χ2v) is 16.6. The summed E-state index contributed by atoms with van der Waals surface area (Å²) in [6.07, 6.45) is 42.2. The minimum Gasteiger partial charge on any atom is -0.381 e. The average molecular weight is 737 g/mol. The SMILES string of the molecule is CCCCCCCCCCCCCCCCc1ccc(NCc2ccc(CNc3ccc(CCCCCCCCCCCCCCCC)cc3)cc2)cc1. The molecule has 2 nitrogen and oxygen atoms in total. The molecule has 2 heteroatoms. The summed E-state index contributed by atoms with van der Waals surface area (Å²) < 4.78 is 0. The van der Waals surface area contributed by atoms with Gasteiger partial charge in [0.05, 0.1) is 0 Å². The Balaban J connectivity index is 1.15. The Morgan fingerprint density at radius 2 is 0.481 bits per heavy atom. The zero-order chi connectivity index (χ0) is 38.0. The van der Waals surface area contributed by atoms with Crippen LogP contribution < -0.4 is 10.6 Å². The summed E-state index contributed by atoms with van der Waals surface area (Å²) in [4.78, 5) is 0. The Bertz CT molecular complexity index is 1130. The standard InChI is InChI=1S/C52H84N2/c1-3-5-7-9-11-13-15-17-19-21-23-25-27-29-31-47-37-41-51(42-38-47)53-45-49-33-35-50(36-34-49)46-54-52-43-39-48(40-44-52)32-30-28-26-24-22-20-18-16-14-12-10-8-6-4-2/h33-44,53-54H,3-32,45-46H2,1-2H3. The lowest BCUT2D eigenvalue weighted by Gasteiger charge is -2.10. The molecular weight excluding hydrogens is 653 g/mol. The second-order valence-electron chi connectivity index (χ2n) is 16.6. The number of anilines is 2. The van der Waals surface area contributed by atoms with E-state index in [9.17, 15) is 0 Å². The van der Waals surface area contributed by atoms with Crippen LogP contribution in [0.2, 0.25) is 0 Å². The van der Waals surface area contributed by atoms with Crippen LogP contribution in [0.4, 0.5) is 11.4 Å². The number of hydrogen-bond donors (Lipinski definition) is 2. The quantitative estimate of drug-likeness (QED) is 0.0581. The fourth-order valence-electron chi connectivity index (χ4n) is 7.81. The van der Waals surface area contributed by atoms with Crippen LogP contribution in [-0.4, -0.2) is 0 Å². The van der Waals surface area contributed by atoms with E-state index in [1.165, 1.54) is 226 Å². The van der Waals surface area contributed by atoms with E-state index < -0.39 is 0 Å². The molecule has 3 rings (SSSR count). The number of nitrogens with one attached hydrogen (secondary N) is 2. The lowest BCUT2D eigenvalue weighted by Crippen LogP contribution is -2.02. The highest BCUT2D eigenvalue weighted by Gasteiger charge is 2.01. The lowest BCUT2D eigenvalue weighted by molar-refractivity contribution is 0.535. The molecule has 0 amide bonds. The molecule has 0 aliphatic carbocycles. The topological polar surface area (TPSA) is 24.1 Å². The van der Waals surface area contributed by atoms with E-state index in [-0.39, 0.29) is 0 Å². The number of hydrogen-bond acceptors (Lipinski definition) is 2. The van der Waals surface area contributed by atoms with E-state index in [1.54, 1.807) is 0 Å². The maximum absolute atomic E-state index is 3.62. The van der Waals surface area contributed by atoms with Crippen molar-refractivity contribution >= 4 is 11.4 Å². The fraction of sp³-hybridized carbons (Fsp3) is 0.654. The van der Waals surface area contributed by atoms with Crippen LogP contribution in [0.15, 0.2) is 72.8 Å². The Morgan fingerprint density at radius 1 is 0.259 bits per heavy atom. The van der Waals surface area contributed by atoms with Crippen molar-refractivity contribution in [2.24, 2.45) is 0 Å². The summed E-state index contributed by atoms with van der Waals surface area (Å²) in [5.74, 6) is 0. The molecule has 0 saturated carbocycles. The highest BCUT2D eigenvalue weighted by molar-refractivity contribution is 5.46. The van der Waals surface area contributed by atoms with Gasteiger partial charge in [-0.1, -0.05) is 229 Å². The molecule has 0 aliphatic heterocycles. The predicted octanol–water partition coefficient (Wildman–Crippen LogP) is 17.0. The van der Waals surface area contributed by atoms with Crippen LogP contribution in [-0.2, 0) is 25.9 Å². The normalized spacial score (nSPS) is 11.3. The minimum absolute atomic E-state index is 0.854. The lowest BCUT2D eigenvalue weighted by atomic mass is 10.0. The number of aryl methyl sites for hydroxylation is 2. The first kappa shape index (κ1) is 45.6. The monoisotopic (exact) mass is 737 g/mol. The first-order chi connectivity index (χ1) is 26.8. The maximum atomic E-state index is 3.62. The van der Waals surface area contributed by atoms with Crippen molar-refractivity contribution in [3.8, 4) is 0 Å². The van der Waals surface area contributed by atoms with Gasteiger partial charge in [-0.2, -0.15) is 0 Å². The third kappa shape index (κ3) is 23.9. The molecule has 0 aromatic heterocycles. The van der Waals surface area contributed by atoms with E-state index in [0.29, 0.717) is 0 Å². The molecule has 3 aromatic rings. The van der Waals surface area contributed by atoms with Crippen LogP contribution in [0.1, 0.15) is 216 Å². The fourth-order valence-corrected chi connectivity index (χ4v) is 7.81. The summed E-state index contributed by atoms with van der Waals surface area (Å²) in [5.41, 5.74) is 7.99. The van der Waals surface area contributed by atoms with E-state index in [1.807, 2.05) is 0 Å². The van der Waals surface area contributed by atoms with Gasteiger partial charge in [-0.25, -0.2) is 0 Å². The van der Waals surface area contributed by atoms with Crippen molar-refractivity contribution < 1.29 is 0 Å². The minimum atomic E-state index is 0.854. The van der Waals surface area contributed by atoms with E-state index >= 15 is 0 Å². The Labute approximate surface area is 335 Å². The predicted molar refractivity (Wildman–Crippen MR) is 242 cm³/mol. The smallest absolute Gasteiger partial charge is 0.0400 e. The van der Waals surface area contributed by atoms with Crippen molar-refractivity contribution in [3.05, 3.63) is 95.1 Å². The summed E-state index contributed by atoms with van der Waals surface area (Å²) in [5, 5.41) is 7.23. The molecule has 0 radical (unpaired) electrons. The summed E-state index contributed by atoms with van der Waals surface area (Å²) in [6.45, 7) is 6.31. The van der Waals surface area contributed by atoms with Crippen molar-refractivity contribution in [1.82, 2.24) is 0 Å². The molecular formula is C52H84N2. The van der Waals surface area contributed by atoms with Crippen molar-refractivity contribution in [2.45, 2.75) is 220 Å². The number of benzene rings is 3. The molecule has 302 valence electrons. The van der Waals surface area contributed by atoms with Gasteiger partial charge in [-0.3, -0.25) is 0 Å². The van der Waals surface area contributed by atoms with Crippen LogP contribution in [0.25, 0.3) is 0 Å². The first-order valence-electron chi connectivity index (χ1n) is 23.5. The van der Waals surface area contributed by atoms with E-state index in [0.717, 1.165) is 13.1 Å². The second kappa shape index (κ2) is 32.5. The van der Waals surface area contributed by atoms with Crippen molar-refractivity contribution in [1.29, 1.82) is 0 Å². The molecule has 0 unspecified atom stereocenters. The third-order valence-electron chi connectivity index (χ3n) is 11.6. The summed E-state index contributed by atoms with van der Waals surface area (Å²) in [6, 6.07) is 27.3. The van der Waals surface area contributed by atoms with Crippen molar-refractivity contribution in [3.63, 3.8) is 0 Å². The van der Waals surface area contributed by atoms with Gasteiger partial charge < -0.3 is 10.6 Å². The zero-order valence-electron chi connectivity index (χ0n) is 35.6. The molecule has 0 atom stereocenters. The number of unbranched alkanes of at least 4 members (excludes halogenated alkanes) is 26. The summed E-state index contributed by atoms with van der Waals surface area (Å²) in [7, 11) is 0. The van der Waals surface area contributed by atoms with Crippen LogP contribution in [0.3, 0.4) is 0 Å². The molecule has 0 spiro atoms. The van der Waals surface area contributed by atoms with Gasteiger partial charge in [-0.05, 0) is 72.2 Å². The average Bonchev–Trinajstić information content (AvgIpc) is 3.21. The number of rotatable bonds is 36. The third-order valence-corrected chi connectivity index (χ3v) is 11.6. The van der Waals surface area contributed by atoms with Gasteiger partial charge in [0.2, 0.25) is 0 Å². The molecule has 0 saturated heterocycles. The molecule has 0 fully saturated rings. The summed E-state index contributed by atoms with van der Waals surface area (Å²) >= 11 is 0. The largest absolute Gasteiger partial charge is 0.381 e. The Kier molecular flexibility index (Phi) is 27.5. The van der Waals surface area contributed by atoms with Gasteiger partial charge in [0, 0.05) is 24.5 Å². The Morgan fingerprint density at radius 3 is 0.741 bits per heavy atom. The van der Waals surface area contributed by atoms with Crippen LogP contribution in [0.5, 0.6) is 0 Å². The first-order valence-corrected chi connectivity index (χ1v) is 23.5. The molecule has 3 aromatic carbocycles. The molecule has 54 heavy (non-hydrogen) atoms. The molecule has 2 N–H and O–H groups in total. The van der Waals surface area contributed by atoms with Gasteiger partial charge in [-0.15, -0.1) is 0 Å². The highest BCUT2D eigenvalue weighted by atomic mass is 14.9. The molecule has 0 bridgehead atoms. The Hall–Kier alpha value is -2.74. The zero-order valence-corrected chi connectivity index (χ0v) is 35.6. The van der Waals surface area contributed by atoms with Gasteiger partial charge in [0.25, 0.3) is 0 Å². The van der Waals surface area contributed by atoms with Crippen LogP contribution >= 0.6 is 0 Å². The van der Waals surface area contributed by atoms with E-state index in [2.05, 4.69) is 97.3 Å². The van der Waals surface area contributed by atoms with E-state index in [4.69, 9.17) is 0 Å². The maximum Gasteiger partial charge on any atom is 0.0400 e. The molecule has 0 heterocycles.